The third kappa shape index (κ3) is 3.97. The van der Waals surface area contributed by atoms with Crippen LogP contribution < -0.4 is 5.32 Å². The van der Waals surface area contributed by atoms with Gasteiger partial charge in [-0.2, -0.15) is 8.42 Å². The quantitative estimate of drug-likeness (QED) is 0.790. The molecule has 3 aliphatic rings. The monoisotopic (exact) mass is 438 g/mol. The van der Waals surface area contributed by atoms with Crippen LogP contribution in [0.25, 0.3) is 0 Å². The summed E-state index contributed by atoms with van der Waals surface area (Å²) in [5.41, 5.74) is 1.87. The number of amidine groups is 1. The number of benzene rings is 2. The average molecular weight is 439 g/mol. The maximum atomic E-state index is 13.1. The van der Waals surface area contributed by atoms with E-state index in [1.807, 2.05) is 23.1 Å². The highest BCUT2D eigenvalue weighted by Crippen LogP contribution is 2.31. The van der Waals surface area contributed by atoms with E-state index in [-0.39, 0.29) is 22.9 Å². The van der Waals surface area contributed by atoms with Crippen molar-refractivity contribution < 1.29 is 13.2 Å². The van der Waals surface area contributed by atoms with Crippen LogP contribution in [0.5, 0.6) is 0 Å². The zero-order valence-electron chi connectivity index (χ0n) is 17.3. The van der Waals surface area contributed by atoms with Crippen molar-refractivity contribution in [2.45, 2.75) is 42.8 Å². The topological polar surface area (TPSA) is 82.1 Å². The van der Waals surface area contributed by atoms with E-state index in [1.54, 1.807) is 24.3 Å². The van der Waals surface area contributed by atoms with Crippen LogP contribution in [-0.2, 0) is 21.4 Å². The van der Waals surface area contributed by atoms with Crippen LogP contribution in [0.3, 0.4) is 0 Å². The van der Waals surface area contributed by atoms with Gasteiger partial charge in [-0.05, 0) is 37.0 Å². The van der Waals surface area contributed by atoms with Crippen molar-refractivity contribution in [1.82, 2.24) is 15.1 Å². The molecule has 5 rings (SSSR count). The molecule has 162 valence electrons. The van der Waals surface area contributed by atoms with Crippen molar-refractivity contribution in [2.24, 2.45) is 4.40 Å². The summed E-state index contributed by atoms with van der Waals surface area (Å²) in [5.74, 6) is 0.374. The molecule has 0 aromatic heterocycles. The Morgan fingerprint density at radius 2 is 1.81 bits per heavy atom. The highest BCUT2D eigenvalue weighted by atomic mass is 32.2. The van der Waals surface area contributed by atoms with E-state index in [0.717, 1.165) is 32.5 Å². The highest BCUT2D eigenvalue weighted by molar-refractivity contribution is 7.90. The van der Waals surface area contributed by atoms with Gasteiger partial charge in [0.1, 0.15) is 10.9 Å². The first kappa shape index (κ1) is 20.2. The van der Waals surface area contributed by atoms with Gasteiger partial charge in [-0.25, -0.2) is 0 Å². The minimum atomic E-state index is -3.69. The van der Waals surface area contributed by atoms with Gasteiger partial charge >= 0.3 is 0 Å². The van der Waals surface area contributed by atoms with Gasteiger partial charge in [0.25, 0.3) is 10.0 Å². The van der Waals surface area contributed by atoms with Crippen molar-refractivity contribution in [3.05, 3.63) is 65.7 Å². The standard InChI is InChI=1S/C23H26N4O3S/c28-23(24-18-12-14-26(16-18)15-17-7-2-1-3-8-17)20-10-6-13-27(20)22-19-9-4-5-11-21(19)31(29,30)25-22/h1-5,7-9,11,18,20H,6,10,12-16H2,(H,24,28)/t18-,20+/m1/s1. The lowest BCUT2D eigenvalue weighted by Crippen LogP contribution is -2.49. The van der Waals surface area contributed by atoms with Crippen molar-refractivity contribution >= 4 is 21.8 Å². The number of amides is 1. The van der Waals surface area contributed by atoms with E-state index in [0.29, 0.717) is 24.4 Å². The molecule has 2 aromatic carbocycles. The van der Waals surface area contributed by atoms with Crippen molar-refractivity contribution in [2.75, 3.05) is 19.6 Å². The maximum Gasteiger partial charge on any atom is 0.285 e. The van der Waals surface area contributed by atoms with E-state index in [4.69, 9.17) is 0 Å². The molecule has 31 heavy (non-hydrogen) atoms. The number of nitrogens with one attached hydrogen (secondary N) is 1. The zero-order chi connectivity index (χ0) is 21.4. The average Bonchev–Trinajstić information content (AvgIpc) is 3.47. The molecule has 3 heterocycles. The van der Waals surface area contributed by atoms with Gasteiger partial charge in [0.15, 0.2) is 5.84 Å². The molecule has 1 N–H and O–H groups in total. The first-order chi connectivity index (χ1) is 15.0. The number of carbonyl (C=O) groups is 1. The fraction of sp³-hybridized carbons (Fsp3) is 0.391. The molecule has 0 spiro atoms. The maximum absolute atomic E-state index is 13.1. The molecular weight excluding hydrogens is 412 g/mol. The Labute approximate surface area is 182 Å². The lowest BCUT2D eigenvalue weighted by atomic mass is 10.1. The van der Waals surface area contributed by atoms with Crippen LogP contribution in [0, 0.1) is 0 Å². The third-order valence-electron chi connectivity index (χ3n) is 6.31. The Morgan fingerprint density at radius 1 is 1.03 bits per heavy atom. The summed E-state index contributed by atoms with van der Waals surface area (Å²) in [6.45, 7) is 3.29. The number of rotatable bonds is 4. The Hall–Kier alpha value is -2.71. The molecular formula is C23H26N4O3S. The van der Waals surface area contributed by atoms with E-state index >= 15 is 0 Å². The summed E-state index contributed by atoms with van der Waals surface area (Å²) in [4.78, 5) is 17.6. The number of hydrogen-bond donors (Lipinski definition) is 1. The first-order valence-electron chi connectivity index (χ1n) is 10.8. The van der Waals surface area contributed by atoms with Crippen LogP contribution in [0.1, 0.15) is 30.4 Å². The van der Waals surface area contributed by atoms with Gasteiger partial charge in [-0.3, -0.25) is 9.69 Å². The predicted molar refractivity (Wildman–Crippen MR) is 118 cm³/mol. The summed E-state index contributed by atoms with van der Waals surface area (Å²) in [6, 6.07) is 16.9. The van der Waals surface area contributed by atoms with Gasteiger partial charge in [-0.15, -0.1) is 4.40 Å². The highest BCUT2D eigenvalue weighted by Gasteiger charge is 2.40. The van der Waals surface area contributed by atoms with Crippen molar-refractivity contribution in [3.63, 3.8) is 0 Å². The normalized spacial score (nSPS) is 24.8. The van der Waals surface area contributed by atoms with E-state index in [1.165, 1.54) is 5.56 Å². The SMILES string of the molecule is O=C(N[C@@H]1CCN(Cc2ccccc2)C1)[C@@H]1CCCN1C1=NS(=O)(=O)c2ccccc21. The third-order valence-corrected chi connectivity index (χ3v) is 7.63. The van der Waals surface area contributed by atoms with Crippen molar-refractivity contribution in [3.8, 4) is 0 Å². The number of sulfonamides is 1. The van der Waals surface area contributed by atoms with E-state index in [9.17, 15) is 13.2 Å². The zero-order valence-corrected chi connectivity index (χ0v) is 18.1. The molecule has 0 radical (unpaired) electrons. The van der Waals surface area contributed by atoms with Crippen LogP contribution in [0.4, 0.5) is 0 Å². The minimum absolute atomic E-state index is 0.0338. The van der Waals surface area contributed by atoms with E-state index in [2.05, 4.69) is 26.7 Å². The summed E-state index contributed by atoms with van der Waals surface area (Å²) in [7, 11) is -3.69. The van der Waals surface area contributed by atoms with Gasteiger partial charge < -0.3 is 10.2 Å². The molecule has 2 atom stereocenters. The van der Waals surface area contributed by atoms with E-state index < -0.39 is 10.0 Å². The molecule has 0 saturated carbocycles. The molecule has 0 bridgehead atoms. The van der Waals surface area contributed by atoms with Crippen LogP contribution in [-0.4, -0.2) is 61.7 Å². The molecule has 2 saturated heterocycles. The van der Waals surface area contributed by atoms with Gasteiger partial charge in [-0.1, -0.05) is 42.5 Å². The molecule has 2 fully saturated rings. The molecule has 0 unspecified atom stereocenters. The number of fused-ring (bicyclic) bond motifs is 1. The molecule has 7 nitrogen and oxygen atoms in total. The molecule has 1 amide bonds. The predicted octanol–water partition coefficient (Wildman–Crippen LogP) is 1.99. The second-order valence-corrected chi connectivity index (χ2v) is 10.0. The van der Waals surface area contributed by atoms with Gasteiger partial charge in [0.2, 0.25) is 5.91 Å². The summed E-state index contributed by atoms with van der Waals surface area (Å²) >= 11 is 0. The Morgan fingerprint density at radius 3 is 2.65 bits per heavy atom. The lowest BCUT2D eigenvalue weighted by Gasteiger charge is -2.27. The van der Waals surface area contributed by atoms with Crippen LogP contribution >= 0.6 is 0 Å². The minimum Gasteiger partial charge on any atom is -0.350 e. The fourth-order valence-electron chi connectivity index (χ4n) is 4.82. The summed E-state index contributed by atoms with van der Waals surface area (Å²) in [5, 5.41) is 3.21. The van der Waals surface area contributed by atoms with Gasteiger partial charge in [0.05, 0.1) is 0 Å². The van der Waals surface area contributed by atoms with Crippen LogP contribution in [0.15, 0.2) is 63.9 Å². The second-order valence-electron chi connectivity index (χ2n) is 8.45. The first-order valence-corrected chi connectivity index (χ1v) is 12.2. The smallest absolute Gasteiger partial charge is 0.285 e. The van der Waals surface area contributed by atoms with Gasteiger partial charge in [0, 0.05) is 37.8 Å². The fourth-order valence-corrected chi connectivity index (χ4v) is 6.04. The molecule has 3 aliphatic heterocycles. The van der Waals surface area contributed by atoms with Crippen LogP contribution in [0.2, 0.25) is 0 Å². The second kappa shape index (κ2) is 8.09. The Bertz CT molecular complexity index is 1120. The number of nitrogens with zero attached hydrogens (tertiary/aromatic N) is 3. The Kier molecular flexibility index (Phi) is 5.27. The molecule has 2 aromatic rings. The number of likely N-dealkylation sites (tertiary alicyclic amines) is 2. The Balaban J connectivity index is 1.25. The summed E-state index contributed by atoms with van der Waals surface area (Å²) < 4.78 is 28.9. The molecule has 8 heteroatoms. The largest absolute Gasteiger partial charge is 0.350 e. The number of carbonyl (C=O) groups excluding carboxylic acids is 1. The lowest BCUT2D eigenvalue weighted by molar-refractivity contribution is -0.125. The number of hydrogen-bond acceptors (Lipinski definition) is 5. The summed E-state index contributed by atoms with van der Waals surface area (Å²) in [6.07, 6.45) is 2.46. The molecule has 0 aliphatic carbocycles. The van der Waals surface area contributed by atoms with Crippen molar-refractivity contribution in [1.29, 1.82) is 0 Å².